The van der Waals surface area contributed by atoms with E-state index in [4.69, 9.17) is 4.42 Å². The molecular formula is C13H19NO4. The van der Waals surface area contributed by atoms with Gasteiger partial charge in [0.25, 0.3) is 5.91 Å². The van der Waals surface area contributed by atoms with Crippen LogP contribution in [0.3, 0.4) is 0 Å². The van der Waals surface area contributed by atoms with Crippen molar-refractivity contribution in [2.24, 2.45) is 0 Å². The van der Waals surface area contributed by atoms with Crippen LogP contribution in [0.5, 0.6) is 0 Å². The maximum absolute atomic E-state index is 12.2. The molecule has 0 saturated carbocycles. The van der Waals surface area contributed by atoms with Crippen molar-refractivity contribution >= 4 is 11.9 Å². The number of hydrogen-bond acceptors (Lipinski definition) is 4. The summed E-state index contributed by atoms with van der Waals surface area (Å²) in [6.45, 7) is 5.55. The molecule has 5 nitrogen and oxygen atoms in total. The number of nitrogens with zero attached hydrogens (tertiary/aromatic N) is 1. The highest BCUT2D eigenvalue weighted by atomic mass is 16.5. The number of amides is 1. The maximum atomic E-state index is 12.2. The van der Waals surface area contributed by atoms with E-state index in [-0.39, 0.29) is 24.3 Å². The number of hydrogen-bond donors (Lipinski definition) is 0. The molecule has 1 aromatic heterocycles. The van der Waals surface area contributed by atoms with Gasteiger partial charge in [0, 0.05) is 12.5 Å². The molecular weight excluding hydrogens is 234 g/mol. The van der Waals surface area contributed by atoms with E-state index in [1.54, 1.807) is 12.1 Å². The fraction of sp³-hybridized carbons (Fsp3) is 0.538. The van der Waals surface area contributed by atoms with Crippen molar-refractivity contribution in [3.63, 3.8) is 0 Å². The third-order valence-electron chi connectivity index (χ3n) is 2.63. The lowest BCUT2D eigenvalue weighted by Crippen LogP contribution is -2.40. The first-order chi connectivity index (χ1) is 8.49. The predicted octanol–water partition coefficient (Wildman–Crippen LogP) is 1.87. The molecule has 0 saturated heterocycles. The molecule has 0 N–H and O–H groups in total. The Morgan fingerprint density at radius 3 is 2.50 bits per heavy atom. The summed E-state index contributed by atoms with van der Waals surface area (Å²) in [4.78, 5) is 24.9. The quantitative estimate of drug-likeness (QED) is 0.751. The van der Waals surface area contributed by atoms with Crippen LogP contribution in [0.1, 0.15) is 37.1 Å². The fourth-order valence-electron chi connectivity index (χ4n) is 1.52. The standard InChI is InChI=1S/C13H19NO4/c1-5-10-6-7-11(18-10)13(16)14(9(2)3)8-12(15)17-4/h6-7,9H,5,8H2,1-4H3. The molecule has 0 aliphatic carbocycles. The summed E-state index contributed by atoms with van der Waals surface area (Å²) in [5, 5.41) is 0. The Morgan fingerprint density at radius 2 is 2.06 bits per heavy atom. The van der Waals surface area contributed by atoms with Gasteiger partial charge in [-0.25, -0.2) is 0 Å². The molecule has 1 heterocycles. The Bertz CT molecular complexity index is 422. The molecule has 0 bridgehead atoms. The maximum Gasteiger partial charge on any atom is 0.325 e. The summed E-state index contributed by atoms with van der Waals surface area (Å²) in [6, 6.07) is 3.30. The average molecular weight is 253 g/mol. The number of aryl methyl sites for hydroxylation is 1. The van der Waals surface area contributed by atoms with Crippen molar-refractivity contribution < 1.29 is 18.7 Å². The van der Waals surface area contributed by atoms with E-state index in [0.717, 1.165) is 12.2 Å². The lowest BCUT2D eigenvalue weighted by Gasteiger charge is -2.24. The zero-order valence-electron chi connectivity index (χ0n) is 11.2. The highest BCUT2D eigenvalue weighted by molar-refractivity contribution is 5.93. The van der Waals surface area contributed by atoms with Gasteiger partial charge in [-0.1, -0.05) is 6.92 Å². The van der Waals surface area contributed by atoms with E-state index in [9.17, 15) is 9.59 Å². The van der Waals surface area contributed by atoms with Gasteiger partial charge in [-0.2, -0.15) is 0 Å². The summed E-state index contributed by atoms with van der Waals surface area (Å²) in [6.07, 6.45) is 0.728. The Kier molecular flexibility index (Phi) is 4.95. The molecule has 1 rings (SSSR count). The van der Waals surface area contributed by atoms with E-state index in [1.807, 2.05) is 20.8 Å². The summed E-state index contributed by atoms with van der Waals surface area (Å²) < 4.78 is 9.98. The summed E-state index contributed by atoms with van der Waals surface area (Å²) in [5.74, 6) is 0.263. The molecule has 18 heavy (non-hydrogen) atoms. The Hall–Kier alpha value is -1.78. The molecule has 1 amide bonds. The molecule has 0 aliphatic rings. The van der Waals surface area contributed by atoms with Crippen LogP contribution in [0, 0.1) is 0 Å². The predicted molar refractivity (Wildman–Crippen MR) is 66.3 cm³/mol. The van der Waals surface area contributed by atoms with E-state index in [2.05, 4.69) is 4.74 Å². The number of ether oxygens (including phenoxy) is 1. The summed E-state index contributed by atoms with van der Waals surface area (Å²) >= 11 is 0. The minimum Gasteiger partial charge on any atom is -0.468 e. The molecule has 1 aromatic rings. The number of furan rings is 1. The van der Waals surface area contributed by atoms with Crippen molar-refractivity contribution in [1.29, 1.82) is 0 Å². The smallest absolute Gasteiger partial charge is 0.325 e. The molecule has 0 aromatic carbocycles. The van der Waals surface area contributed by atoms with Gasteiger partial charge in [0.15, 0.2) is 5.76 Å². The van der Waals surface area contributed by atoms with Crippen molar-refractivity contribution in [2.75, 3.05) is 13.7 Å². The van der Waals surface area contributed by atoms with Gasteiger partial charge in [0.2, 0.25) is 0 Å². The highest BCUT2D eigenvalue weighted by Gasteiger charge is 2.24. The number of rotatable bonds is 5. The zero-order chi connectivity index (χ0) is 13.7. The second kappa shape index (κ2) is 6.23. The van der Waals surface area contributed by atoms with Gasteiger partial charge in [0.05, 0.1) is 7.11 Å². The van der Waals surface area contributed by atoms with E-state index >= 15 is 0 Å². The summed E-state index contributed by atoms with van der Waals surface area (Å²) in [7, 11) is 1.30. The normalized spacial score (nSPS) is 10.5. The third-order valence-corrected chi connectivity index (χ3v) is 2.63. The zero-order valence-corrected chi connectivity index (χ0v) is 11.2. The molecule has 5 heteroatoms. The van der Waals surface area contributed by atoms with Crippen molar-refractivity contribution in [1.82, 2.24) is 4.90 Å². The minimum absolute atomic E-state index is 0.0742. The molecule has 0 fully saturated rings. The topological polar surface area (TPSA) is 59.8 Å². The Labute approximate surface area is 107 Å². The van der Waals surface area contributed by atoms with Gasteiger partial charge in [-0.15, -0.1) is 0 Å². The van der Waals surface area contributed by atoms with Crippen LogP contribution in [0.2, 0.25) is 0 Å². The number of carbonyl (C=O) groups is 2. The van der Waals surface area contributed by atoms with Crippen LogP contribution in [-0.2, 0) is 16.0 Å². The Morgan fingerprint density at radius 1 is 1.39 bits per heavy atom. The van der Waals surface area contributed by atoms with Crippen molar-refractivity contribution in [3.8, 4) is 0 Å². The molecule has 0 atom stereocenters. The van der Waals surface area contributed by atoms with E-state index in [0.29, 0.717) is 0 Å². The first-order valence-corrected chi connectivity index (χ1v) is 5.96. The van der Waals surface area contributed by atoms with Crippen molar-refractivity contribution in [3.05, 3.63) is 23.7 Å². The third kappa shape index (κ3) is 3.35. The van der Waals surface area contributed by atoms with Crippen LogP contribution in [-0.4, -0.2) is 36.5 Å². The molecule has 100 valence electrons. The highest BCUT2D eigenvalue weighted by Crippen LogP contribution is 2.13. The molecule has 0 radical (unpaired) electrons. The van der Waals surface area contributed by atoms with Gasteiger partial charge in [-0.05, 0) is 26.0 Å². The summed E-state index contributed by atoms with van der Waals surface area (Å²) in [5.41, 5.74) is 0. The van der Waals surface area contributed by atoms with E-state index in [1.165, 1.54) is 12.0 Å². The van der Waals surface area contributed by atoms with Gasteiger partial charge >= 0.3 is 5.97 Å². The lowest BCUT2D eigenvalue weighted by atomic mass is 10.2. The number of esters is 1. The Balaban J connectivity index is 2.85. The van der Waals surface area contributed by atoms with E-state index < -0.39 is 5.97 Å². The van der Waals surface area contributed by atoms with Crippen molar-refractivity contribution in [2.45, 2.75) is 33.2 Å². The number of methoxy groups -OCH3 is 1. The van der Waals surface area contributed by atoms with Crippen LogP contribution < -0.4 is 0 Å². The second-order valence-electron chi connectivity index (χ2n) is 4.22. The average Bonchev–Trinajstić information content (AvgIpc) is 2.83. The van der Waals surface area contributed by atoms with Gasteiger partial charge < -0.3 is 14.1 Å². The largest absolute Gasteiger partial charge is 0.468 e. The first kappa shape index (κ1) is 14.3. The minimum atomic E-state index is -0.445. The lowest BCUT2D eigenvalue weighted by molar-refractivity contribution is -0.141. The first-order valence-electron chi connectivity index (χ1n) is 5.96. The molecule has 0 aliphatic heterocycles. The second-order valence-corrected chi connectivity index (χ2v) is 4.22. The van der Waals surface area contributed by atoms with Gasteiger partial charge in [0.1, 0.15) is 12.3 Å². The SMILES string of the molecule is CCc1ccc(C(=O)N(CC(=O)OC)C(C)C)o1. The van der Waals surface area contributed by atoms with Crippen LogP contribution in [0.25, 0.3) is 0 Å². The van der Waals surface area contributed by atoms with Crippen LogP contribution in [0.15, 0.2) is 16.5 Å². The molecule has 0 spiro atoms. The van der Waals surface area contributed by atoms with Crippen LogP contribution >= 0.6 is 0 Å². The fourth-order valence-corrected chi connectivity index (χ4v) is 1.52. The van der Waals surface area contributed by atoms with Gasteiger partial charge in [-0.3, -0.25) is 9.59 Å². The number of carbonyl (C=O) groups excluding carboxylic acids is 2. The monoisotopic (exact) mass is 253 g/mol. The van der Waals surface area contributed by atoms with Crippen LogP contribution in [0.4, 0.5) is 0 Å². The molecule has 0 unspecified atom stereocenters.